The van der Waals surface area contributed by atoms with E-state index in [0.717, 1.165) is 13.0 Å². The molecule has 0 bridgehead atoms. The van der Waals surface area contributed by atoms with Gasteiger partial charge in [0, 0.05) is 12.5 Å². The van der Waals surface area contributed by atoms with Crippen LogP contribution in [0.2, 0.25) is 0 Å². The molecule has 1 aliphatic heterocycles. The molecule has 1 aromatic rings. The van der Waals surface area contributed by atoms with Crippen molar-refractivity contribution in [2.24, 2.45) is 5.92 Å². The van der Waals surface area contributed by atoms with Gasteiger partial charge in [-0.3, -0.25) is 10.1 Å². The smallest absolute Gasteiger partial charge is 0.290 e. The van der Waals surface area contributed by atoms with Crippen LogP contribution < -0.4 is 4.74 Å². The van der Waals surface area contributed by atoms with Gasteiger partial charge in [0.25, 0.3) is 5.69 Å². The second kappa shape index (κ2) is 5.47. The van der Waals surface area contributed by atoms with E-state index in [4.69, 9.17) is 14.7 Å². The molecule has 1 heterocycles. The maximum Gasteiger partial charge on any atom is 0.290 e. The van der Waals surface area contributed by atoms with Gasteiger partial charge in [0.1, 0.15) is 17.4 Å². The average molecular weight is 248 g/mol. The van der Waals surface area contributed by atoms with Crippen molar-refractivity contribution in [2.45, 2.75) is 6.42 Å². The van der Waals surface area contributed by atoms with E-state index in [1.165, 1.54) is 12.1 Å². The molecule has 0 saturated carbocycles. The highest BCUT2D eigenvalue weighted by Crippen LogP contribution is 2.25. The van der Waals surface area contributed by atoms with E-state index in [9.17, 15) is 10.1 Å². The predicted octanol–water partition coefficient (Wildman–Crippen LogP) is 1.88. The summed E-state index contributed by atoms with van der Waals surface area (Å²) >= 11 is 0. The molecule has 1 unspecified atom stereocenters. The number of ether oxygens (including phenoxy) is 2. The van der Waals surface area contributed by atoms with E-state index in [1.807, 2.05) is 0 Å². The molecule has 0 radical (unpaired) electrons. The maximum atomic E-state index is 10.8. The fourth-order valence-corrected chi connectivity index (χ4v) is 1.78. The molecule has 18 heavy (non-hydrogen) atoms. The van der Waals surface area contributed by atoms with Crippen LogP contribution in [-0.2, 0) is 4.74 Å². The molecule has 1 aromatic carbocycles. The average Bonchev–Trinajstić information content (AvgIpc) is 2.89. The minimum atomic E-state index is -0.579. The minimum Gasteiger partial charge on any atom is -0.493 e. The van der Waals surface area contributed by atoms with E-state index in [1.54, 1.807) is 12.1 Å². The molecule has 0 aliphatic carbocycles. The van der Waals surface area contributed by atoms with Crippen LogP contribution in [0.25, 0.3) is 0 Å². The van der Waals surface area contributed by atoms with Crippen molar-refractivity contribution in [1.29, 1.82) is 5.26 Å². The molecule has 0 N–H and O–H groups in total. The van der Waals surface area contributed by atoms with Gasteiger partial charge in [-0.15, -0.1) is 0 Å². The first kappa shape index (κ1) is 12.3. The normalized spacial score (nSPS) is 18.3. The highest BCUT2D eigenvalue weighted by Gasteiger charge is 2.18. The zero-order valence-electron chi connectivity index (χ0n) is 9.67. The van der Waals surface area contributed by atoms with E-state index < -0.39 is 4.92 Å². The minimum absolute atomic E-state index is 0.0385. The molecule has 0 spiro atoms. The summed E-state index contributed by atoms with van der Waals surface area (Å²) in [5, 5.41) is 19.5. The lowest BCUT2D eigenvalue weighted by Crippen LogP contribution is -2.11. The molecule has 0 amide bonds. The molecular weight excluding hydrogens is 236 g/mol. The van der Waals surface area contributed by atoms with Gasteiger partial charge in [-0.25, -0.2) is 0 Å². The Morgan fingerprint density at radius 1 is 1.61 bits per heavy atom. The number of hydrogen-bond acceptors (Lipinski definition) is 5. The third-order valence-corrected chi connectivity index (χ3v) is 2.80. The molecule has 1 atom stereocenters. The summed E-state index contributed by atoms with van der Waals surface area (Å²) < 4.78 is 10.7. The number of nitro benzene ring substituents is 1. The van der Waals surface area contributed by atoms with Crippen molar-refractivity contribution in [2.75, 3.05) is 19.8 Å². The monoisotopic (exact) mass is 248 g/mol. The van der Waals surface area contributed by atoms with Gasteiger partial charge in [-0.05, 0) is 18.6 Å². The molecule has 1 aliphatic rings. The van der Waals surface area contributed by atoms with Crippen LogP contribution in [0.4, 0.5) is 5.69 Å². The Bertz CT molecular complexity index is 489. The lowest BCUT2D eigenvalue weighted by atomic mass is 10.1. The Balaban J connectivity index is 2.07. The van der Waals surface area contributed by atoms with Gasteiger partial charge < -0.3 is 9.47 Å². The molecule has 2 rings (SSSR count). The summed E-state index contributed by atoms with van der Waals surface area (Å²) in [6.07, 6.45) is 0.943. The van der Waals surface area contributed by atoms with Gasteiger partial charge in [-0.2, -0.15) is 5.26 Å². The number of nitro groups is 1. The van der Waals surface area contributed by atoms with Crippen molar-refractivity contribution < 1.29 is 14.4 Å². The van der Waals surface area contributed by atoms with Crippen LogP contribution in [0.5, 0.6) is 5.75 Å². The van der Waals surface area contributed by atoms with Crippen molar-refractivity contribution in [3.8, 4) is 11.8 Å². The Labute approximate surface area is 104 Å². The predicted molar refractivity (Wildman–Crippen MR) is 62.2 cm³/mol. The summed E-state index contributed by atoms with van der Waals surface area (Å²) in [5.74, 6) is 0.743. The van der Waals surface area contributed by atoms with Crippen LogP contribution in [0, 0.1) is 27.4 Å². The van der Waals surface area contributed by atoms with Gasteiger partial charge in [0.2, 0.25) is 0 Å². The summed E-state index contributed by atoms with van der Waals surface area (Å²) in [7, 11) is 0. The number of rotatable bonds is 4. The van der Waals surface area contributed by atoms with Crippen LogP contribution in [-0.4, -0.2) is 24.7 Å². The summed E-state index contributed by atoms with van der Waals surface area (Å²) in [4.78, 5) is 10.2. The first-order valence-corrected chi connectivity index (χ1v) is 5.60. The van der Waals surface area contributed by atoms with Crippen molar-refractivity contribution in [3.05, 3.63) is 33.9 Å². The second-order valence-corrected chi connectivity index (χ2v) is 4.09. The first-order valence-electron chi connectivity index (χ1n) is 5.60. The van der Waals surface area contributed by atoms with Gasteiger partial charge in [0.15, 0.2) is 0 Å². The third kappa shape index (κ3) is 2.76. The van der Waals surface area contributed by atoms with Crippen molar-refractivity contribution >= 4 is 5.69 Å². The van der Waals surface area contributed by atoms with Crippen LogP contribution in [0.15, 0.2) is 18.2 Å². The molecule has 0 aromatic heterocycles. The summed E-state index contributed by atoms with van der Waals surface area (Å²) in [5.41, 5.74) is -0.186. The Hall–Kier alpha value is -2.13. The SMILES string of the molecule is N#Cc1ccc(OCC2CCOC2)cc1[N+](=O)[O-]. The number of hydrogen-bond donors (Lipinski definition) is 0. The molecule has 1 fully saturated rings. The van der Waals surface area contributed by atoms with Gasteiger partial charge >= 0.3 is 0 Å². The number of nitrogens with zero attached hydrogens (tertiary/aromatic N) is 2. The Morgan fingerprint density at radius 3 is 3.06 bits per heavy atom. The van der Waals surface area contributed by atoms with E-state index in [0.29, 0.717) is 24.9 Å². The maximum absolute atomic E-state index is 10.8. The van der Waals surface area contributed by atoms with Crippen molar-refractivity contribution in [1.82, 2.24) is 0 Å². The van der Waals surface area contributed by atoms with E-state index >= 15 is 0 Å². The van der Waals surface area contributed by atoms with Crippen LogP contribution in [0.3, 0.4) is 0 Å². The summed E-state index contributed by atoms with van der Waals surface area (Å²) in [6, 6.07) is 6.04. The lowest BCUT2D eigenvalue weighted by Gasteiger charge is -2.10. The van der Waals surface area contributed by atoms with E-state index in [2.05, 4.69) is 0 Å². The quantitative estimate of drug-likeness (QED) is 0.599. The third-order valence-electron chi connectivity index (χ3n) is 2.80. The zero-order chi connectivity index (χ0) is 13.0. The van der Waals surface area contributed by atoms with Gasteiger partial charge in [-0.1, -0.05) is 0 Å². The standard InChI is InChI=1S/C12H12N2O4/c13-6-10-1-2-11(5-12(10)14(15)16)18-8-9-3-4-17-7-9/h1-2,5,9H,3-4,7-8H2. The molecular formula is C12H12N2O4. The molecule has 94 valence electrons. The van der Waals surface area contributed by atoms with Gasteiger partial charge in [0.05, 0.1) is 24.2 Å². The fraction of sp³-hybridized carbons (Fsp3) is 0.417. The fourth-order valence-electron chi connectivity index (χ4n) is 1.78. The first-order chi connectivity index (χ1) is 8.70. The van der Waals surface area contributed by atoms with Crippen LogP contribution in [0.1, 0.15) is 12.0 Å². The highest BCUT2D eigenvalue weighted by molar-refractivity contribution is 5.52. The number of nitriles is 1. The van der Waals surface area contributed by atoms with Crippen LogP contribution >= 0.6 is 0 Å². The Kier molecular flexibility index (Phi) is 3.75. The Morgan fingerprint density at radius 2 is 2.44 bits per heavy atom. The molecule has 6 heteroatoms. The lowest BCUT2D eigenvalue weighted by molar-refractivity contribution is -0.385. The van der Waals surface area contributed by atoms with E-state index in [-0.39, 0.29) is 11.3 Å². The number of benzene rings is 1. The summed E-state index contributed by atoms with van der Waals surface area (Å²) in [6.45, 7) is 1.88. The highest BCUT2D eigenvalue weighted by atomic mass is 16.6. The largest absolute Gasteiger partial charge is 0.493 e. The molecule has 6 nitrogen and oxygen atoms in total. The molecule has 1 saturated heterocycles. The second-order valence-electron chi connectivity index (χ2n) is 4.09. The van der Waals surface area contributed by atoms with Crippen molar-refractivity contribution in [3.63, 3.8) is 0 Å². The topological polar surface area (TPSA) is 85.4 Å². The zero-order valence-corrected chi connectivity index (χ0v) is 9.67.